The van der Waals surface area contributed by atoms with E-state index in [0.717, 1.165) is 25.1 Å². The van der Waals surface area contributed by atoms with Crippen molar-refractivity contribution in [3.8, 4) is 6.07 Å². The summed E-state index contributed by atoms with van der Waals surface area (Å²) in [7, 11) is 0. The molecule has 1 aliphatic heterocycles. The third-order valence-electron chi connectivity index (χ3n) is 5.73. The molecule has 174 valence electrons. The van der Waals surface area contributed by atoms with Gasteiger partial charge in [0.25, 0.3) is 0 Å². The molecule has 6 heteroatoms. The summed E-state index contributed by atoms with van der Waals surface area (Å²) < 4.78 is 12.9. The van der Waals surface area contributed by atoms with E-state index >= 15 is 0 Å². The van der Waals surface area contributed by atoms with E-state index in [1.54, 1.807) is 30.3 Å². The van der Waals surface area contributed by atoms with E-state index in [0.29, 0.717) is 40.3 Å². The van der Waals surface area contributed by atoms with E-state index in [2.05, 4.69) is 20.8 Å². The lowest BCUT2D eigenvalue weighted by atomic mass is 9.91. The molecule has 0 aliphatic carbocycles. The minimum absolute atomic E-state index is 0.208. The smallest absolute Gasteiger partial charge is 0.222 e. The number of nitriles is 1. The van der Waals surface area contributed by atoms with Gasteiger partial charge in [0.2, 0.25) is 5.91 Å². The van der Waals surface area contributed by atoms with Gasteiger partial charge < -0.3 is 4.90 Å². The minimum atomic E-state index is -0.285. The van der Waals surface area contributed by atoms with E-state index in [1.807, 2.05) is 30.9 Å². The highest BCUT2D eigenvalue weighted by molar-refractivity contribution is 6.31. The molecule has 0 bridgehead atoms. The number of hydrogen-bond acceptors (Lipinski definition) is 2. The molecule has 1 saturated heterocycles. The van der Waals surface area contributed by atoms with Gasteiger partial charge in [-0.2, -0.15) is 5.26 Å². The van der Waals surface area contributed by atoms with Crippen LogP contribution in [0.1, 0.15) is 57.2 Å². The molecule has 2 atom stereocenters. The maximum atomic E-state index is 12.9. The number of likely N-dealkylation sites (tertiary alicyclic amines) is 1. The predicted octanol–water partition coefficient (Wildman–Crippen LogP) is 7.46. The Kier molecular flexibility index (Phi) is 12.3. The lowest BCUT2D eigenvalue weighted by Crippen LogP contribution is -2.25. The fraction of sp³-hybridized carbons (Fsp3) is 0.462. The van der Waals surface area contributed by atoms with Crippen molar-refractivity contribution in [3.63, 3.8) is 0 Å². The van der Waals surface area contributed by atoms with E-state index in [1.165, 1.54) is 6.42 Å². The Bertz CT molecular complexity index is 927. The molecule has 0 spiro atoms. The largest absolute Gasteiger partial charge is 0.343 e. The van der Waals surface area contributed by atoms with E-state index in [9.17, 15) is 9.18 Å². The molecule has 2 unspecified atom stereocenters. The van der Waals surface area contributed by atoms with Crippen LogP contribution in [0.2, 0.25) is 10.0 Å². The van der Waals surface area contributed by atoms with Gasteiger partial charge in [-0.1, -0.05) is 68.6 Å². The molecule has 1 heterocycles. The third-order valence-corrected chi connectivity index (χ3v) is 6.34. The van der Waals surface area contributed by atoms with Crippen LogP contribution in [0, 0.1) is 35.9 Å². The first-order valence-corrected chi connectivity index (χ1v) is 11.8. The number of nitrogens with zero attached hydrogens (tertiary/aromatic N) is 2. The number of amides is 1. The quantitative estimate of drug-likeness (QED) is 0.457. The molecule has 0 aromatic heterocycles. The van der Waals surface area contributed by atoms with Gasteiger partial charge in [0.15, 0.2) is 0 Å². The summed E-state index contributed by atoms with van der Waals surface area (Å²) in [4.78, 5) is 13.3. The molecular weight excluding hydrogens is 446 g/mol. The summed E-state index contributed by atoms with van der Waals surface area (Å²) in [6.07, 6.45) is 2.66. The highest BCUT2D eigenvalue weighted by atomic mass is 35.5. The number of aryl methyl sites for hydroxylation is 2. The Morgan fingerprint density at radius 2 is 1.88 bits per heavy atom. The molecule has 2 aromatic carbocycles. The average molecular weight is 479 g/mol. The zero-order valence-corrected chi connectivity index (χ0v) is 21.1. The second-order valence-corrected chi connectivity index (χ2v) is 8.76. The van der Waals surface area contributed by atoms with Gasteiger partial charge >= 0.3 is 0 Å². The van der Waals surface area contributed by atoms with Crippen molar-refractivity contribution in [2.75, 3.05) is 13.1 Å². The van der Waals surface area contributed by atoms with E-state index in [4.69, 9.17) is 28.5 Å². The summed E-state index contributed by atoms with van der Waals surface area (Å²) in [6.45, 7) is 12.2. The van der Waals surface area contributed by atoms with Gasteiger partial charge in [0, 0.05) is 19.5 Å². The average Bonchev–Trinajstić information content (AvgIpc) is 3.17. The second-order valence-electron chi connectivity index (χ2n) is 7.94. The van der Waals surface area contributed by atoms with Crippen LogP contribution in [0.4, 0.5) is 4.39 Å². The highest BCUT2D eigenvalue weighted by Gasteiger charge is 2.30. The first-order chi connectivity index (χ1) is 15.2. The minimum Gasteiger partial charge on any atom is -0.343 e. The van der Waals surface area contributed by atoms with Gasteiger partial charge in [-0.05, 0) is 61.4 Å². The zero-order chi connectivity index (χ0) is 24.3. The van der Waals surface area contributed by atoms with Crippen LogP contribution in [0.5, 0.6) is 0 Å². The van der Waals surface area contributed by atoms with Crippen LogP contribution in [-0.4, -0.2) is 23.9 Å². The van der Waals surface area contributed by atoms with Gasteiger partial charge in [-0.3, -0.25) is 4.79 Å². The molecule has 2 aromatic rings. The third kappa shape index (κ3) is 8.45. The molecule has 1 aliphatic rings. The van der Waals surface area contributed by atoms with Crippen molar-refractivity contribution in [2.24, 2.45) is 11.8 Å². The van der Waals surface area contributed by atoms with Crippen molar-refractivity contribution >= 4 is 29.1 Å². The van der Waals surface area contributed by atoms with Crippen molar-refractivity contribution in [2.45, 2.75) is 53.9 Å². The van der Waals surface area contributed by atoms with Crippen LogP contribution >= 0.6 is 23.2 Å². The number of carbonyl (C=O) groups excluding carboxylic acids is 1. The normalized spacial score (nSPS) is 15.8. The summed E-state index contributed by atoms with van der Waals surface area (Å²) in [6, 6.07) is 12.4. The standard InChI is InChI=1S/C10H19NO.C8H8ClF.C8H6ClN/c1-4-8(3)9-6-10(12)11(5-2)7-9;1-2-6-4-3-5-7(9)8(6)10;1-6-2-3-7(5-10)8(9)4-6/h8-9H,4-7H2,1-3H3;3-5H,2H2,1H3;2-4H,1H3. The SMILES string of the molecule is CCC(C)C1CC(=O)N(CC)C1.CCc1cccc(Cl)c1F.Cc1ccc(C#N)c(Cl)c1. The fourth-order valence-corrected chi connectivity index (χ4v) is 3.83. The molecule has 0 N–H and O–H groups in total. The maximum Gasteiger partial charge on any atom is 0.222 e. The number of carbonyl (C=O) groups is 1. The summed E-state index contributed by atoms with van der Waals surface area (Å²) >= 11 is 11.2. The van der Waals surface area contributed by atoms with Crippen molar-refractivity contribution in [1.29, 1.82) is 5.26 Å². The number of halogens is 3. The fourth-order valence-electron chi connectivity index (χ4n) is 3.36. The molecule has 3 nitrogen and oxygen atoms in total. The van der Waals surface area contributed by atoms with Gasteiger partial charge in [0.1, 0.15) is 11.9 Å². The van der Waals surface area contributed by atoms with Crippen LogP contribution in [-0.2, 0) is 11.2 Å². The molecule has 1 fully saturated rings. The molecule has 0 saturated carbocycles. The molecule has 3 rings (SSSR count). The maximum absolute atomic E-state index is 12.9. The lowest BCUT2D eigenvalue weighted by molar-refractivity contribution is -0.127. The second kappa shape index (κ2) is 14.1. The van der Waals surface area contributed by atoms with Crippen LogP contribution in [0.25, 0.3) is 0 Å². The van der Waals surface area contributed by atoms with Crippen LogP contribution < -0.4 is 0 Å². The Balaban J connectivity index is 0.000000241. The molecular formula is C26H33Cl2FN2O. The topological polar surface area (TPSA) is 44.1 Å². The summed E-state index contributed by atoms with van der Waals surface area (Å²) in [5.74, 6) is 1.38. The van der Waals surface area contributed by atoms with Crippen LogP contribution in [0.15, 0.2) is 36.4 Å². The van der Waals surface area contributed by atoms with Crippen LogP contribution in [0.3, 0.4) is 0 Å². The molecule has 0 radical (unpaired) electrons. The Morgan fingerprint density at radius 3 is 2.34 bits per heavy atom. The van der Waals surface area contributed by atoms with Gasteiger partial charge in [0.05, 0.1) is 15.6 Å². The van der Waals surface area contributed by atoms with E-state index in [-0.39, 0.29) is 10.8 Å². The van der Waals surface area contributed by atoms with Crippen molar-refractivity contribution in [1.82, 2.24) is 4.90 Å². The van der Waals surface area contributed by atoms with Gasteiger partial charge in [-0.15, -0.1) is 0 Å². The highest BCUT2D eigenvalue weighted by Crippen LogP contribution is 2.26. The monoisotopic (exact) mass is 478 g/mol. The van der Waals surface area contributed by atoms with Crippen molar-refractivity contribution in [3.05, 3.63) is 69.0 Å². The number of hydrogen-bond donors (Lipinski definition) is 0. The van der Waals surface area contributed by atoms with E-state index < -0.39 is 0 Å². The first-order valence-electron chi connectivity index (χ1n) is 11.0. The molecule has 32 heavy (non-hydrogen) atoms. The Labute approximate surface area is 202 Å². The Hall–Kier alpha value is -2.09. The predicted molar refractivity (Wildman–Crippen MR) is 132 cm³/mol. The summed E-state index contributed by atoms with van der Waals surface area (Å²) in [5, 5.41) is 9.21. The lowest BCUT2D eigenvalue weighted by Gasteiger charge is -2.17. The number of rotatable bonds is 4. The first kappa shape index (κ1) is 27.9. The Morgan fingerprint density at radius 1 is 1.19 bits per heavy atom. The molecule has 1 amide bonds. The van der Waals surface area contributed by atoms with Crippen molar-refractivity contribution < 1.29 is 9.18 Å². The summed E-state index contributed by atoms with van der Waals surface area (Å²) in [5.41, 5.74) is 2.28. The number of benzene rings is 2. The zero-order valence-electron chi connectivity index (χ0n) is 19.6. The van der Waals surface area contributed by atoms with Gasteiger partial charge in [-0.25, -0.2) is 4.39 Å².